The van der Waals surface area contributed by atoms with Crippen LogP contribution in [0.5, 0.6) is 0 Å². The molecule has 15 aromatic carbocycles. The van der Waals surface area contributed by atoms with Gasteiger partial charge in [0, 0.05) is 61.5 Å². The number of hydrogen-bond donors (Lipinski definition) is 0. The molecule has 2 aliphatic rings. The molecule has 0 saturated carbocycles. The van der Waals surface area contributed by atoms with Gasteiger partial charge in [-0.2, -0.15) is 0 Å². The summed E-state index contributed by atoms with van der Waals surface area (Å²) >= 11 is 0. The lowest BCUT2D eigenvalue weighted by Crippen LogP contribution is -2.61. The average Bonchev–Trinajstić information content (AvgIpc) is 1.01. The number of para-hydroxylation sites is 4. The second-order valence-corrected chi connectivity index (χ2v) is 29.0. The first kappa shape index (κ1) is 53.7. The van der Waals surface area contributed by atoms with E-state index < -0.39 is 43.0 Å². The van der Waals surface area contributed by atoms with E-state index in [4.69, 9.17) is 2.74 Å². The minimum absolute atomic E-state index is 0.00588. The van der Waals surface area contributed by atoms with Crippen molar-refractivity contribution in [2.75, 3.05) is 9.80 Å². The summed E-state index contributed by atoms with van der Waals surface area (Å²) in [6.07, 6.45) is 0. The van der Waals surface area contributed by atoms with Crippen molar-refractivity contribution < 1.29 is 11.0 Å². The molecule has 102 heavy (non-hydrogen) atoms. The minimum Gasteiger partial charge on any atom is -0.310 e. The summed E-state index contributed by atoms with van der Waals surface area (Å²) in [5.74, 6) is 0. The van der Waals surface area contributed by atoms with Gasteiger partial charge in [0.1, 0.15) is 0 Å². The Morgan fingerprint density at radius 2 is 0.647 bits per heavy atom. The summed E-state index contributed by atoms with van der Waals surface area (Å²) in [5, 5.41) is 0.0118. The normalized spacial score (nSPS) is 13.6. The molecule has 0 unspecified atom stereocenters. The molecule has 18 rings (SSSR count). The van der Waals surface area contributed by atoms with Crippen molar-refractivity contribution in [1.29, 1.82) is 0 Å². The van der Waals surface area contributed by atoms with Gasteiger partial charge in [0.25, 0.3) is 6.71 Å². The molecular formula is C98H76BN3. The molecule has 4 heteroatoms. The molecule has 1 aromatic heterocycles. The number of aromatic nitrogens is 1. The Balaban J connectivity index is 1.05. The summed E-state index contributed by atoms with van der Waals surface area (Å²) in [6.45, 7) is 13.2. The van der Waals surface area contributed by atoms with Crippen LogP contribution < -0.4 is 26.2 Å². The second-order valence-electron chi connectivity index (χ2n) is 29.0. The molecule has 0 fully saturated rings. The summed E-state index contributed by atoms with van der Waals surface area (Å²) in [7, 11) is 0. The largest absolute Gasteiger partial charge is 0.310 e. The molecule has 0 saturated heterocycles. The fourth-order valence-corrected chi connectivity index (χ4v) is 15.7. The van der Waals surface area contributed by atoms with Gasteiger partial charge < -0.3 is 14.4 Å². The highest BCUT2D eigenvalue weighted by Gasteiger charge is 2.46. The van der Waals surface area contributed by atoms with Gasteiger partial charge in [-0.3, -0.25) is 0 Å². The molecule has 0 N–H and O–H groups in total. The van der Waals surface area contributed by atoms with Gasteiger partial charge >= 0.3 is 0 Å². The van der Waals surface area contributed by atoms with E-state index in [2.05, 4.69) is 336 Å². The van der Waals surface area contributed by atoms with E-state index in [1.807, 2.05) is 18.2 Å². The SMILES string of the molecule is [2H]c1c([2H])c([2H])c2c(c1[2H])c1c([2H])c([2H])c([2H])c([2H])c1n2-c1ccc2c(c1)N(c1c(-c3ccccc3)cccc1-c1ccccc1)c1cc(-c3cc(C(C)(C)C)cc(C(C)(C)C)c3)cc3c1B2c1cc(-c2cc(-c4ccccc4)cc(-c4ccccc4)c2)ccc1N3c1c(-c2ccccc2)cccc1-c1ccccc1. The van der Waals surface area contributed by atoms with Crippen LogP contribution in [-0.4, -0.2) is 11.3 Å². The van der Waals surface area contributed by atoms with Gasteiger partial charge in [0.05, 0.1) is 33.4 Å². The molecule has 3 heterocycles. The number of nitrogens with zero attached hydrogens (tertiary/aromatic N) is 3. The lowest BCUT2D eigenvalue weighted by Gasteiger charge is -2.46. The average molecular weight is 1310 g/mol. The van der Waals surface area contributed by atoms with E-state index in [1.165, 1.54) is 11.1 Å². The molecule has 0 aliphatic carbocycles. The smallest absolute Gasteiger partial charge is 0.252 e. The summed E-state index contributed by atoms with van der Waals surface area (Å²) in [5.41, 5.74) is 27.2. The first-order valence-corrected chi connectivity index (χ1v) is 35.2. The van der Waals surface area contributed by atoms with Crippen LogP contribution in [0.1, 0.15) is 63.6 Å². The zero-order chi connectivity index (χ0) is 75.8. The Morgan fingerprint density at radius 1 is 0.275 bits per heavy atom. The predicted molar refractivity (Wildman–Crippen MR) is 436 cm³/mol. The van der Waals surface area contributed by atoms with Crippen LogP contribution in [0, 0.1) is 0 Å². The number of benzene rings is 15. The summed E-state index contributed by atoms with van der Waals surface area (Å²) in [4.78, 5) is 5.01. The molecule has 0 radical (unpaired) electrons. The van der Waals surface area contributed by atoms with Crippen molar-refractivity contribution in [2.45, 2.75) is 52.4 Å². The van der Waals surface area contributed by atoms with E-state index in [1.54, 1.807) is 4.57 Å². The molecule has 16 aromatic rings. The number of hydrogen-bond acceptors (Lipinski definition) is 2. The number of rotatable bonds is 11. The molecule has 2 aliphatic heterocycles. The van der Waals surface area contributed by atoms with E-state index >= 15 is 0 Å². The topological polar surface area (TPSA) is 11.4 Å². The molecular weight excluding hydrogens is 1230 g/mol. The van der Waals surface area contributed by atoms with E-state index in [0.29, 0.717) is 5.69 Å². The van der Waals surface area contributed by atoms with Crippen molar-refractivity contribution in [3.63, 3.8) is 0 Å². The lowest BCUT2D eigenvalue weighted by molar-refractivity contribution is 0.569. The molecule has 0 bridgehead atoms. The van der Waals surface area contributed by atoms with Crippen molar-refractivity contribution in [3.05, 3.63) is 363 Å². The third-order valence-electron chi connectivity index (χ3n) is 20.7. The molecule has 3 nitrogen and oxygen atoms in total. The maximum Gasteiger partial charge on any atom is 0.252 e. The van der Waals surface area contributed by atoms with E-state index in [-0.39, 0.29) is 44.7 Å². The van der Waals surface area contributed by atoms with Gasteiger partial charge in [-0.25, -0.2) is 0 Å². The van der Waals surface area contributed by atoms with Crippen molar-refractivity contribution in [1.82, 2.24) is 4.57 Å². The third kappa shape index (κ3) is 10.8. The Hall–Kier alpha value is -12.2. The Bertz CT molecular complexity index is 6110. The van der Waals surface area contributed by atoms with E-state index in [0.717, 1.165) is 140 Å². The van der Waals surface area contributed by atoms with Crippen LogP contribution >= 0.6 is 0 Å². The van der Waals surface area contributed by atoms with Crippen LogP contribution in [0.3, 0.4) is 0 Å². The monoisotopic (exact) mass is 1310 g/mol. The zero-order valence-corrected chi connectivity index (χ0v) is 57.8. The van der Waals surface area contributed by atoms with E-state index in [9.17, 15) is 8.22 Å². The molecule has 0 atom stereocenters. The van der Waals surface area contributed by atoms with Crippen molar-refractivity contribution >= 4 is 79.0 Å². The van der Waals surface area contributed by atoms with Gasteiger partial charge in [-0.1, -0.05) is 333 Å². The summed E-state index contributed by atoms with van der Waals surface area (Å²) in [6, 6.07) is 106. The maximum absolute atomic E-state index is 9.89. The van der Waals surface area contributed by atoms with Crippen molar-refractivity contribution in [2.24, 2.45) is 0 Å². The molecule has 0 spiro atoms. The van der Waals surface area contributed by atoms with Crippen LogP contribution in [0.2, 0.25) is 0 Å². The Morgan fingerprint density at radius 3 is 1.07 bits per heavy atom. The highest BCUT2D eigenvalue weighted by Crippen LogP contribution is 2.55. The first-order valence-electron chi connectivity index (χ1n) is 39.2. The Labute approximate surface area is 610 Å². The third-order valence-corrected chi connectivity index (χ3v) is 20.7. The van der Waals surface area contributed by atoms with Crippen LogP contribution in [0.4, 0.5) is 34.1 Å². The quantitative estimate of drug-likeness (QED) is 0.120. The standard InChI is InChI=1S/C98H76BN3/c1-97(2,3)77-58-75(59-78(63-77)98(4,5)6)76-61-92-94-93(62-76)102(96-82(69-39-21-11-22-40-69)47-30-48-83(96)70-41-23-12-24-42-70)91-64-79(100-88-49-27-25-43-84(88)85-44-26-28-50-89(85)100)52-53-86(91)99(94)87-60-71(74-56-72(65-31-13-7-14-32-65)55-73(57-74)66-33-15-8-16-34-66)51-54-90(87)101(92)95-80(67-35-17-9-18-36-67)45-29-46-81(95)68-37-19-10-20-38-68/h7-64H,1-6H3/i25D,26D,27D,28D,43D,44D,49D,50D. The molecule has 486 valence electrons. The fraction of sp³-hybridized carbons (Fsp3) is 0.0816. The summed E-state index contributed by atoms with van der Waals surface area (Å²) < 4.78 is 77.5. The second kappa shape index (κ2) is 24.9. The van der Waals surface area contributed by atoms with Crippen LogP contribution in [-0.2, 0) is 10.8 Å². The Kier molecular flexibility index (Phi) is 13.1. The van der Waals surface area contributed by atoms with Gasteiger partial charge in [-0.15, -0.1) is 0 Å². The van der Waals surface area contributed by atoms with Crippen LogP contribution in [0.15, 0.2) is 352 Å². The maximum atomic E-state index is 9.89. The molecule has 0 amide bonds. The number of anilines is 6. The first-order chi connectivity index (χ1) is 53.2. The number of fused-ring (bicyclic) bond motifs is 7. The lowest BCUT2D eigenvalue weighted by atomic mass is 9.33. The fourth-order valence-electron chi connectivity index (χ4n) is 15.7. The van der Waals surface area contributed by atoms with Crippen LogP contribution in [0.25, 0.3) is 117 Å². The zero-order valence-electron chi connectivity index (χ0n) is 65.8. The van der Waals surface area contributed by atoms with Gasteiger partial charge in [0.15, 0.2) is 0 Å². The van der Waals surface area contributed by atoms with Crippen molar-refractivity contribution in [3.8, 4) is 94.7 Å². The minimum atomic E-state index is -0.543. The highest BCUT2D eigenvalue weighted by molar-refractivity contribution is 7.00. The highest BCUT2D eigenvalue weighted by atomic mass is 15.2. The van der Waals surface area contributed by atoms with Gasteiger partial charge in [-0.05, 0) is 166 Å². The predicted octanol–water partition coefficient (Wildman–Crippen LogP) is 24.8. The van der Waals surface area contributed by atoms with Gasteiger partial charge in [0.2, 0.25) is 0 Å².